The molecule has 3 aliphatic rings. The fourth-order valence-electron chi connectivity index (χ4n) is 6.33. The van der Waals surface area contributed by atoms with Crippen LogP contribution in [0.3, 0.4) is 0 Å². The van der Waals surface area contributed by atoms with Crippen LogP contribution in [-0.2, 0) is 16.0 Å². The van der Waals surface area contributed by atoms with Gasteiger partial charge in [-0.3, -0.25) is 14.7 Å². The number of nitrogens with zero attached hydrogens (tertiary/aromatic N) is 5. The van der Waals surface area contributed by atoms with E-state index in [1.54, 1.807) is 43.2 Å². The Morgan fingerprint density at radius 3 is 2.66 bits per heavy atom. The Balaban J connectivity index is 1.18. The molecule has 7 rings (SSSR count). The molecule has 3 aliphatic heterocycles. The van der Waals surface area contributed by atoms with Gasteiger partial charge in [0, 0.05) is 56.2 Å². The number of hydrogen-bond donors (Lipinski definition) is 0. The van der Waals surface area contributed by atoms with Crippen LogP contribution in [0.25, 0.3) is 10.8 Å². The largest absolute Gasteiger partial charge is 0.496 e. The molecule has 1 amide bonds. The van der Waals surface area contributed by atoms with Gasteiger partial charge in [0.1, 0.15) is 23.8 Å². The molecule has 44 heavy (non-hydrogen) atoms. The summed E-state index contributed by atoms with van der Waals surface area (Å²) in [6.45, 7) is 7.09. The Hall–Kier alpha value is -3.77. The molecule has 11 heteroatoms. The van der Waals surface area contributed by atoms with Gasteiger partial charge >= 0.3 is 0 Å². The second-order valence-corrected chi connectivity index (χ2v) is 12.5. The highest BCUT2D eigenvalue weighted by Crippen LogP contribution is 2.46. The minimum Gasteiger partial charge on any atom is -0.496 e. The summed E-state index contributed by atoms with van der Waals surface area (Å²) in [7, 11) is 1.71. The Bertz CT molecular complexity index is 1570. The minimum atomic E-state index is -0.210. The van der Waals surface area contributed by atoms with Crippen molar-refractivity contribution < 1.29 is 23.4 Å². The molecule has 10 nitrogen and oxygen atoms in total. The number of anilines is 1. The summed E-state index contributed by atoms with van der Waals surface area (Å²) < 4.78 is 24.1. The molecule has 2 saturated heterocycles. The van der Waals surface area contributed by atoms with Crippen LogP contribution >= 0.6 is 11.3 Å². The van der Waals surface area contributed by atoms with Crippen LogP contribution in [0.2, 0.25) is 0 Å². The number of oxazole rings is 1. The smallest absolute Gasteiger partial charge is 0.272 e. The molecule has 0 saturated carbocycles. The number of hydrogen-bond acceptors (Lipinski definition) is 10. The zero-order valence-electron chi connectivity index (χ0n) is 25.1. The number of carbonyl (C=O) groups is 1. The molecular weight excluding hydrogens is 578 g/mol. The van der Waals surface area contributed by atoms with Crippen molar-refractivity contribution in [3.05, 3.63) is 83.5 Å². The van der Waals surface area contributed by atoms with Crippen molar-refractivity contribution in [1.82, 2.24) is 19.8 Å². The van der Waals surface area contributed by atoms with Crippen molar-refractivity contribution in [3.63, 3.8) is 0 Å². The van der Waals surface area contributed by atoms with E-state index in [1.165, 1.54) is 16.1 Å². The lowest BCUT2D eigenvalue weighted by Gasteiger charge is -2.49. The number of aromatic nitrogens is 2. The van der Waals surface area contributed by atoms with Crippen LogP contribution in [0.15, 0.2) is 65.5 Å². The van der Waals surface area contributed by atoms with Crippen molar-refractivity contribution in [2.24, 2.45) is 0 Å². The molecule has 0 N–H and O–H groups in total. The van der Waals surface area contributed by atoms with Crippen LogP contribution in [-0.4, -0.2) is 84.4 Å². The van der Waals surface area contributed by atoms with Crippen LogP contribution in [0.4, 0.5) is 5.00 Å². The third-order valence-corrected chi connectivity index (χ3v) is 10.2. The first kappa shape index (κ1) is 29.0. The number of likely N-dealkylation sites (tertiary alicyclic amines) is 1. The SMILES string of the molecule is COc1ccccc1C(CN1CN(C2CN(C(=O)c3ccccn3)C2)Cc2c1sc(-c1ncco1)c2C)OC1CCOCC1. The van der Waals surface area contributed by atoms with Crippen molar-refractivity contribution >= 4 is 22.2 Å². The highest BCUT2D eigenvalue weighted by molar-refractivity contribution is 7.19. The molecule has 1 unspecified atom stereocenters. The predicted molar refractivity (Wildman–Crippen MR) is 167 cm³/mol. The topological polar surface area (TPSA) is 93.4 Å². The number of ether oxygens (including phenoxy) is 3. The lowest BCUT2D eigenvalue weighted by atomic mass is 10.0. The van der Waals surface area contributed by atoms with Gasteiger partial charge < -0.3 is 28.4 Å². The molecule has 3 aromatic heterocycles. The van der Waals surface area contributed by atoms with E-state index in [-0.39, 0.29) is 24.2 Å². The summed E-state index contributed by atoms with van der Waals surface area (Å²) in [5, 5.41) is 1.21. The number of carbonyl (C=O) groups excluding carboxylic acids is 1. The minimum absolute atomic E-state index is 0.0182. The Kier molecular flexibility index (Phi) is 8.35. The summed E-state index contributed by atoms with van der Waals surface area (Å²) in [5.74, 6) is 1.45. The van der Waals surface area contributed by atoms with Gasteiger partial charge in [-0.2, -0.15) is 0 Å². The van der Waals surface area contributed by atoms with Gasteiger partial charge in [-0.1, -0.05) is 24.3 Å². The lowest BCUT2D eigenvalue weighted by Crippen LogP contribution is -2.63. The number of fused-ring (bicyclic) bond motifs is 1. The maximum Gasteiger partial charge on any atom is 0.272 e. The average molecular weight is 616 g/mol. The number of methoxy groups -OCH3 is 1. The third kappa shape index (κ3) is 5.72. The average Bonchev–Trinajstić information content (AvgIpc) is 3.69. The van der Waals surface area contributed by atoms with Gasteiger partial charge in [0.25, 0.3) is 5.91 Å². The lowest BCUT2D eigenvalue weighted by molar-refractivity contribution is -0.0686. The van der Waals surface area contributed by atoms with Gasteiger partial charge in [0.05, 0.1) is 42.5 Å². The molecule has 2 fully saturated rings. The molecule has 0 spiro atoms. The maximum absolute atomic E-state index is 13.0. The zero-order chi connectivity index (χ0) is 30.0. The van der Waals surface area contributed by atoms with Crippen molar-refractivity contribution in [3.8, 4) is 16.5 Å². The Morgan fingerprint density at radius 2 is 1.91 bits per heavy atom. The molecule has 230 valence electrons. The molecule has 4 aromatic rings. The number of pyridine rings is 1. The standard InChI is InChI=1S/C33H37N5O5S/c1-22-26-19-37(23-17-36(18-23)32(39)27-8-5-6-12-34-27)21-38(33(26)44-30(22)31-35-13-16-42-31)20-29(43-24-10-14-41-15-11-24)25-7-3-4-9-28(25)40-2/h3-9,12-13,16,23-24,29H,10-11,14-15,17-21H2,1-2H3. The second-order valence-electron chi connectivity index (χ2n) is 11.5. The highest BCUT2D eigenvalue weighted by Gasteiger charge is 2.40. The van der Waals surface area contributed by atoms with E-state index >= 15 is 0 Å². The van der Waals surface area contributed by atoms with E-state index in [9.17, 15) is 4.79 Å². The fraction of sp³-hybridized carbons (Fsp3) is 0.424. The van der Waals surface area contributed by atoms with E-state index in [0.29, 0.717) is 44.4 Å². The zero-order valence-corrected chi connectivity index (χ0v) is 25.9. The van der Waals surface area contributed by atoms with Crippen molar-refractivity contribution in [2.45, 2.75) is 44.6 Å². The van der Waals surface area contributed by atoms with Crippen LogP contribution in [0.1, 0.15) is 46.1 Å². The highest BCUT2D eigenvalue weighted by atomic mass is 32.1. The second kappa shape index (κ2) is 12.7. The summed E-state index contributed by atoms with van der Waals surface area (Å²) in [6, 6.07) is 13.8. The number of para-hydroxylation sites is 1. The van der Waals surface area contributed by atoms with E-state index in [1.807, 2.05) is 35.2 Å². The van der Waals surface area contributed by atoms with Crippen molar-refractivity contribution in [1.29, 1.82) is 0 Å². The van der Waals surface area contributed by atoms with Gasteiger partial charge in [-0.05, 0) is 43.5 Å². The van der Waals surface area contributed by atoms with Gasteiger partial charge in [0.15, 0.2) is 0 Å². The summed E-state index contributed by atoms with van der Waals surface area (Å²) in [4.78, 5) is 29.6. The van der Waals surface area contributed by atoms with Crippen LogP contribution in [0, 0.1) is 6.92 Å². The molecule has 0 radical (unpaired) electrons. The first-order valence-corrected chi connectivity index (χ1v) is 16.0. The molecular formula is C33H37N5O5S. The Labute approximate surface area is 261 Å². The quantitative estimate of drug-likeness (QED) is 0.253. The first-order valence-electron chi connectivity index (χ1n) is 15.2. The predicted octanol–water partition coefficient (Wildman–Crippen LogP) is 5.16. The summed E-state index contributed by atoms with van der Waals surface area (Å²) in [5.41, 5.74) is 3.98. The van der Waals surface area contributed by atoms with Gasteiger partial charge in [-0.15, -0.1) is 11.3 Å². The Morgan fingerprint density at radius 1 is 1.09 bits per heavy atom. The van der Waals surface area contributed by atoms with Crippen molar-refractivity contribution in [2.75, 3.05) is 51.5 Å². The third-order valence-electron chi connectivity index (χ3n) is 8.82. The molecule has 0 aliphatic carbocycles. The number of amides is 1. The van der Waals surface area contributed by atoms with Gasteiger partial charge in [0.2, 0.25) is 5.89 Å². The molecule has 6 heterocycles. The maximum atomic E-state index is 13.0. The van der Waals surface area contributed by atoms with E-state index in [4.69, 9.17) is 18.6 Å². The molecule has 1 aromatic carbocycles. The van der Waals surface area contributed by atoms with Gasteiger partial charge in [-0.25, -0.2) is 4.98 Å². The molecule has 1 atom stereocenters. The summed E-state index contributed by atoms with van der Waals surface area (Å²) >= 11 is 1.73. The van der Waals surface area contributed by atoms with Crippen LogP contribution < -0.4 is 9.64 Å². The number of rotatable bonds is 9. The van der Waals surface area contributed by atoms with E-state index in [2.05, 4.69) is 32.8 Å². The normalized spacial score (nSPS) is 18.6. The first-order chi connectivity index (χ1) is 21.6. The number of thiophene rings is 1. The summed E-state index contributed by atoms with van der Waals surface area (Å²) in [6.07, 6.45) is 6.63. The fourth-order valence-corrected chi connectivity index (χ4v) is 7.59. The monoisotopic (exact) mass is 615 g/mol. The van der Waals surface area contributed by atoms with Crippen LogP contribution in [0.5, 0.6) is 5.75 Å². The molecule has 0 bridgehead atoms. The van der Waals surface area contributed by atoms with E-state index in [0.717, 1.165) is 42.2 Å². The number of benzene rings is 1. The van der Waals surface area contributed by atoms with E-state index < -0.39 is 0 Å².